The maximum Gasteiger partial charge on any atom is 0.339 e. The van der Waals surface area contributed by atoms with Crippen molar-refractivity contribution < 1.29 is 28.9 Å². The highest BCUT2D eigenvalue weighted by Crippen LogP contribution is 2.31. The fourth-order valence-corrected chi connectivity index (χ4v) is 4.85. The highest BCUT2D eigenvalue weighted by Gasteiger charge is 2.20. The number of rotatable bonds is 13. The van der Waals surface area contributed by atoms with Gasteiger partial charge in [0.05, 0.1) is 14.2 Å². The highest BCUT2D eigenvalue weighted by atomic mass is 35.5. The van der Waals surface area contributed by atoms with E-state index < -0.39 is 5.97 Å². The number of nitrogens with zero attached hydrogens (tertiary/aromatic N) is 1. The summed E-state index contributed by atoms with van der Waals surface area (Å²) in [6.07, 6.45) is 2.70. The summed E-state index contributed by atoms with van der Waals surface area (Å²) in [6.45, 7) is 2.83. The Balaban J connectivity index is 1.53. The topological polar surface area (TPSA) is 85.3 Å². The molecular weight excluding hydrogens is 554 g/mol. The number of benzene rings is 4. The molecule has 1 amide bonds. The minimum Gasteiger partial charge on any atom is -0.496 e. The quantitative estimate of drug-likeness (QED) is 0.160. The normalized spacial score (nSPS) is 10.7. The number of carbonyl (C=O) groups excluding carboxylic acids is 1. The molecule has 0 fully saturated rings. The number of hydrogen-bond donors (Lipinski definition) is 1. The number of amides is 1. The highest BCUT2D eigenvalue weighted by molar-refractivity contribution is 6.30. The molecule has 1 N–H and O–H groups in total. The van der Waals surface area contributed by atoms with E-state index in [0.29, 0.717) is 40.9 Å². The van der Waals surface area contributed by atoms with Crippen LogP contribution in [0.5, 0.6) is 23.0 Å². The Bertz CT molecular complexity index is 1500. The van der Waals surface area contributed by atoms with Crippen LogP contribution >= 0.6 is 11.6 Å². The van der Waals surface area contributed by atoms with Gasteiger partial charge >= 0.3 is 5.97 Å². The van der Waals surface area contributed by atoms with Crippen LogP contribution in [-0.4, -0.2) is 42.6 Å². The molecule has 0 aromatic heterocycles. The number of methoxy groups -OCH3 is 2. The lowest BCUT2D eigenvalue weighted by atomic mass is 10.1. The van der Waals surface area contributed by atoms with Crippen molar-refractivity contribution in [1.29, 1.82) is 0 Å². The van der Waals surface area contributed by atoms with Crippen molar-refractivity contribution in [3.05, 3.63) is 118 Å². The van der Waals surface area contributed by atoms with Crippen LogP contribution in [-0.2, 0) is 13.0 Å². The van der Waals surface area contributed by atoms with Crippen molar-refractivity contribution in [3.63, 3.8) is 0 Å². The minimum absolute atomic E-state index is 0.0136. The number of halogens is 1. The molecule has 0 spiro atoms. The molecule has 4 aromatic carbocycles. The van der Waals surface area contributed by atoms with Crippen LogP contribution in [0, 0.1) is 6.92 Å². The molecule has 8 heteroatoms. The van der Waals surface area contributed by atoms with E-state index in [2.05, 4.69) is 12.1 Å². The standard InChI is InChI=1S/C34H34ClNO6/c1-23-30(40-2)19-26(20-31(23)41-3)33(37)36(18-8-7-11-24-9-5-4-6-10-24)22-25-12-15-28(16-13-25)42-32-21-27(35)14-17-29(32)34(38)39/h4-6,9-10,12-17,19-21H,7-8,11,18,22H2,1-3H3,(H,38,39). The summed E-state index contributed by atoms with van der Waals surface area (Å²) in [4.78, 5) is 27.2. The Morgan fingerprint density at radius 1 is 0.810 bits per heavy atom. The van der Waals surface area contributed by atoms with E-state index in [-0.39, 0.29) is 17.2 Å². The Labute approximate surface area is 251 Å². The van der Waals surface area contributed by atoms with Crippen molar-refractivity contribution in [2.24, 2.45) is 0 Å². The predicted molar refractivity (Wildman–Crippen MR) is 163 cm³/mol. The maximum absolute atomic E-state index is 13.8. The third kappa shape index (κ3) is 7.83. The second-order valence-electron chi connectivity index (χ2n) is 9.87. The molecule has 0 aliphatic heterocycles. The van der Waals surface area contributed by atoms with Crippen LogP contribution < -0.4 is 14.2 Å². The molecule has 218 valence electrons. The molecule has 0 saturated carbocycles. The number of carboxylic acid groups (broad SMARTS) is 1. The van der Waals surface area contributed by atoms with E-state index in [1.165, 1.54) is 23.8 Å². The van der Waals surface area contributed by atoms with Gasteiger partial charge in [0.15, 0.2) is 0 Å². The third-order valence-electron chi connectivity index (χ3n) is 6.97. The van der Waals surface area contributed by atoms with Gasteiger partial charge in [-0.25, -0.2) is 4.79 Å². The van der Waals surface area contributed by atoms with E-state index in [0.717, 1.165) is 30.4 Å². The number of hydrogen-bond acceptors (Lipinski definition) is 5. The summed E-state index contributed by atoms with van der Waals surface area (Å²) in [5.74, 6) is 0.549. The second kappa shape index (κ2) is 14.4. The van der Waals surface area contributed by atoms with Gasteiger partial charge in [-0.2, -0.15) is 0 Å². The largest absolute Gasteiger partial charge is 0.496 e. The van der Waals surface area contributed by atoms with Gasteiger partial charge in [0.2, 0.25) is 0 Å². The number of carbonyl (C=O) groups is 2. The van der Waals surface area contributed by atoms with Crippen LogP contribution in [0.3, 0.4) is 0 Å². The summed E-state index contributed by atoms with van der Waals surface area (Å²) in [6, 6.07) is 25.4. The van der Waals surface area contributed by atoms with Crippen molar-refractivity contribution in [1.82, 2.24) is 4.90 Å². The Morgan fingerprint density at radius 3 is 2.10 bits per heavy atom. The van der Waals surface area contributed by atoms with E-state index in [9.17, 15) is 14.7 Å². The third-order valence-corrected chi connectivity index (χ3v) is 7.21. The van der Waals surface area contributed by atoms with Crippen LogP contribution in [0.15, 0.2) is 84.9 Å². The minimum atomic E-state index is -1.11. The van der Waals surface area contributed by atoms with E-state index in [1.54, 1.807) is 38.5 Å². The van der Waals surface area contributed by atoms with Crippen molar-refractivity contribution in [2.45, 2.75) is 32.7 Å². The lowest BCUT2D eigenvalue weighted by Gasteiger charge is -2.24. The van der Waals surface area contributed by atoms with Crippen LogP contribution in [0.2, 0.25) is 5.02 Å². The fourth-order valence-electron chi connectivity index (χ4n) is 4.69. The lowest BCUT2D eigenvalue weighted by molar-refractivity contribution is 0.0692. The first-order valence-corrected chi connectivity index (χ1v) is 14.0. The molecule has 4 rings (SSSR count). The number of aryl methyl sites for hydroxylation is 1. The Kier molecular flexibility index (Phi) is 10.5. The van der Waals surface area contributed by atoms with Crippen LogP contribution in [0.4, 0.5) is 0 Å². The van der Waals surface area contributed by atoms with Crippen LogP contribution in [0.1, 0.15) is 50.2 Å². The van der Waals surface area contributed by atoms with Gasteiger partial charge in [0, 0.05) is 35.3 Å². The van der Waals surface area contributed by atoms with Gasteiger partial charge in [0.25, 0.3) is 5.91 Å². The molecule has 0 aliphatic carbocycles. The first-order valence-electron chi connectivity index (χ1n) is 13.6. The van der Waals surface area contributed by atoms with Gasteiger partial charge in [-0.1, -0.05) is 54.1 Å². The smallest absolute Gasteiger partial charge is 0.339 e. The molecule has 42 heavy (non-hydrogen) atoms. The summed E-state index contributed by atoms with van der Waals surface area (Å²) < 4.78 is 16.9. The molecule has 0 saturated heterocycles. The zero-order valence-electron chi connectivity index (χ0n) is 23.9. The maximum atomic E-state index is 13.8. The van der Waals surface area contributed by atoms with Gasteiger partial charge in [0.1, 0.15) is 28.6 Å². The molecule has 0 bridgehead atoms. The number of carboxylic acids is 1. The number of unbranched alkanes of at least 4 members (excludes halogenated alkanes) is 1. The molecular formula is C34H34ClNO6. The molecule has 0 aliphatic rings. The summed E-state index contributed by atoms with van der Waals surface area (Å²) in [7, 11) is 3.15. The molecule has 0 atom stereocenters. The first kappa shape index (κ1) is 30.5. The van der Waals surface area contributed by atoms with Gasteiger partial charge in [-0.15, -0.1) is 0 Å². The van der Waals surface area contributed by atoms with Crippen molar-refractivity contribution in [3.8, 4) is 23.0 Å². The number of ether oxygens (including phenoxy) is 3. The summed E-state index contributed by atoms with van der Waals surface area (Å²) in [5, 5.41) is 9.85. The van der Waals surface area contributed by atoms with E-state index >= 15 is 0 Å². The molecule has 0 heterocycles. The van der Waals surface area contributed by atoms with Gasteiger partial charge in [-0.05, 0) is 73.7 Å². The Morgan fingerprint density at radius 2 is 1.48 bits per heavy atom. The van der Waals surface area contributed by atoms with Crippen molar-refractivity contribution >= 4 is 23.5 Å². The molecule has 0 radical (unpaired) electrons. The monoisotopic (exact) mass is 587 g/mol. The average Bonchev–Trinajstić information content (AvgIpc) is 2.99. The first-order chi connectivity index (χ1) is 20.3. The molecule has 7 nitrogen and oxygen atoms in total. The predicted octanol–water partition coefficient (Wildman–Crippen LogP) is 7.82. The second-order valence-corrected chi connectivity index (χ2v) is 10.3. The zero-order chi connectivity index (χ0) is 30.1. The fraction of sp³-hybridized carbons (Fsp3) is 0.235. The molecule has 4 aromatic rings. The van der Waals surface area contributed by atoms with Gasteiger partial charge < -0.3 is 24.2 Å². The van der Waals surface area contributed by atoms with Gasteiger partial charge in [-0.3, -0.25) is 4.79 Å². The van der Waals surface area contributed by atoms with E-state index in [1.807, 2.05) is 42.2 Å². The average molecular weight is 588 g/mol. The van der Waals surface area contributed by atoms with Crippen LogP contribution in [0.25, 0.3) is 0 Å². The zero-order valence-corrected chi connectivity index (χ0v) is 24.7. The summed E-state index contributed by atoms with van der Waals surface area (Å²) >= 11 is 6.06. The SMILES string of the molecule is COc1cc(C(=O)N(CCCCc2ccccc2)Cc2ccc(Oc3cc(Cl)ccc3C(=O)O)cc2)cc(OC)c1C. The lowest BCUT2D eigenvalue weighted by Crippen LogP contribution is -2.31. The number of aromatic carboxylic acids is 1. The van der Waals surface area contributed by atoms with E-state index in [4.69, 9.17) is 25.8 Å². The molecule has 0 unspecified atom stereocenters. The Hall–Kier alpha value is -4.49. The summed E-state index contributed by atoms with van der Waals surface area (Å²) in [5.41, 5.74) is 3.49. The van der Waals surface area contributed by atoms with Crippen molar-refractivity contribution in [2.75, 3.05) is 20.8 Å².